The molecule has 1 aromatic carbocycles. The summed E-state index contributed by atoms with van der Waals surface area (Å²) in [5.41, 5.74) is 0.815. The van der Waals surface area contributed by atoms with Crippen molar-refractivity contribution in [2.75, 3.05) is 7.05 Å². The first-order valence-electron chi connectivity index (χ1n) is 6.37. The molecule has 0 aliphatic rings. The summed E-state index contributed by atoms with van der Waals surface area (Å²) >= 11 is 0. The molecule has 3 aromatic rings. The third-order valence-electron chi connectivity index (χ3n) is 3.22. The number of carbonyl (C=O) groups excluding carboxylic acids is 1. The normalized spacial score (nSPS) is 10.7. The van der Waals surface area contributed by atoms with Crippen molar-refractivity contribution in [1.82, 2.24) is 25.3 Å². The maximum atomic E-state index is 12.5. The van der Waals surface area contributed by atoms with Crippen LogP contribution in [0, 0.1) is 0 Å². The molecule has 0 saturated carbocycles. The van der Waals surface area contributed by atoms with Gasteiger partial charge in [-0.2, -0.15) is 10.2 Å². The molecule has 7 nitrogen and oxygen atoms in total. The summed E-state index contributed by atoms with van der Waals surface area (Å²) in [4.78, 5) is 25.8. The number of amides is 1. The summed E-state index contributed by atoms with van der Waals surface area (Å²) in [6.45, 7) is 0.407. The van der Waals surface area contributed by atoms with Crippen LogP contribution in [-0.2, 0) is 6.54 Å². The highest BCUT2D eigenvalue weighted by Gasteiger charge is 2.18. The Morgan fingerprint density at radius 1 is 1.29 bits per heavy atom. The summed E-state index contributed by atoms with van der Waals surface area (Å²) < 4.78 is 0. The molecule has 1 amide bonds. The van der Waals surface area contributed by atoms with Crippen LogP contribution in [0.3, 0.4) is 0 Å². The van der Waals surface area contributed by atoms with Gasteiger partial charge in [0, 0.05) is 30.7 Å². The monoisotopic (exact) mass is 283 g/mol. The van der Waals surface area contributed by atoms with Crippen LogP contribution in [0.15, 0.2) is 41.5 Å². The Bertz CT molecular complexity index is 838. The van der Waals surface area contributed by atoms with Crippen LogP contribution in [-0.4, -0.2) is 38.2 Å². The zero-order valence-corrected chi connectivity index (χ0v) is 11.3. The Morgan fingerprint density at radius 3 is 2.76 bits per heavy atom. The summed E-state index contributed by atoms with van der Waals surface area (Å²) in [5, 5.41) is 13.8. The van der Waals surface area contributed by atoms with Crippen molar-refractivity contribution in [2.24, 2.45) is 0 Å². The van der Waals surface area contributed by atoms with Crippen molar-refractivity contribution in [2.45, 2.75) is 6.54 Å². The summed E-state index contributed by atoms with van der Waals surface area (Å²) in [7, 11) is 1.68. The highest BCUT2D eigenvalue weighted by Crippen LogP contribution is 2.14. The van der Waals surface area contributed by atoms with E-state index >= 15 is 0 Å². The number of carbonyl (C=O) groups is 1. The molecule has 0 spiro atoms. The van der Waals surface area contributed by atoms with Crippen LogP contribution in [0.1, 0.15) is 16.1 Å². The highest BCUT2D eigenvalue weighted by atomic mass is 16.2. The van der Waals surface area contributed by atoms with E-state index in [0.717, 1.165) is 5.56 Å². The number of H-pyrrole nitrogens is 2. The molecular formula is C14H13N5O2. The number of fused-ring (bicyclic) bond motifs is 1. The van der Waals surface area contributed by atoms with Crippen LogP contribution in [0.25, 0.3) is 10.8 Å². The van der Waals surface area contributed by atoms with E-state index in [2.05, 4.69) is 20.4 Å². The standard InChI is InChI=1S/C14H13N5O2/c1-19(8-9-6-15-16-7-9)14(21)12-10-4-2-3-5-11(10)13(20)18-17-12/h2-7H,8H2,1H3,(H,15,16)(H,18,20). The molecule has 0 fully saturated rings. The molecule has 0 bridgehead atoms. The summed E-state index contributed by atoms with van der Waals surface area (Å²) in [6.07, 6.45) is 3.38. The van der Waals surface area contributed by atoms with Crippen molar-refractivity contribution in [3.63, 3.8) is 0 Å². The molecule has 106 valence electrons. The predicted molar refractivity (Wildman–Crippen MR) is 76.7 cm³/mol. The Labute approximate surface area is 119 Å². The predicted octanol–water partition coefficient (Wildman–Crippen LogP) is 0.918. The number of aromatic amines is 2. The molecule has 0 atom stereocenters. The number of hydrogen-bond donors (Lipinski definition) is 2. The van der Waals surface area contributed by atoms with Crippen molar-refractivity contribution in [3.05, 3.63) is 58.3 Å². The van der Waals surface area contributed by atoms with Crippen molar-refractivity contribution in [1.29, 1.82) is 0 Å². The van der Waals surface area contributed by atoms with Gasteiger partial charge >= 0.3 is 0 Å². The van der Waals surface area contributed by atoms with Gasteiger partial charge in [-0.1, -0.05) is 18.2 Å². The molecular weight excluding hydrogens is 270 g/mol. The molecule has 2 N–H and O–H groups in total. The first-order valence-corrected chi connectivity index (χ1v) is 6.37. The van der Waals surface area contributed by atoms with Crippen molar-refractivity contribution >= 4 is 16.7 Å². The van der Waals surface area contributed by atoms with Gasteiger partial charge < -0.3 is 4.90 Å². The zero-order chi connectivity index (χ0) is 14.8. The number of hydrogen-bond acceptors (Lipinski definition) is 4. The minimum Gasteiger partial charge on any atom is -0.336 e. The van der Waals surface area contributed by atoms with Gasteiger partial charge in [-0.15, -0.1) is 0 Å². The van der Waals surface area contributed by atoms with E-state index in [1.54, 1.807) is 43.7 Å². The molecule has 0 aliphatic heterocycles. The number of rotatable bonds is 3. The van der Waals surface area contributed by atoms with Gasteiger partial charge in [0.1, 0.15) is 0 Å². The SMILES string of the molecule is CN(Cc1cn[nH]c1)C(=O)c1n[nH]c(=O)c2ccccc12. The Hall–Kier alpha value is -2.96. The molecule has 7 heteroatoms. The summed E-state index contributed by atoms with van der Waals surface area (Å²) in [6, 6.07) is 6.91. The van der Waals surface area contributed by atoms with Crippen molar-refractivity contribution < 1.29 is 4.79 Å². The molecule has 21 heavy (non-hydrogen) atoms. The van der Waals surface area contributed by atoms with Gasteiger partial charge in [0.2, 0.25) is 0 Å². The van der Waals surface area contributed by atoms with Gasteiger partial charge in [0.05, 0.1) is 11.6 Å². The number of aromatic nitrogens is 4. The largest absolute Gasteiger partial charge is 0.336 e. The van der Waals surface area contributed by atoms with Crippen LogP contribution < -0.4 is 5.56 Å². The van der Waals surface area contributed by atoms with Gasteiger partial charge in [-0.25, -0.2) is 5.10 Å². The van der Waals surface area contributed by atoms with E-state index in [0.29, 0.717) is 17.3 Å². The first-order chi connectivity index (χ1) is 10.2. The quantitative estimate of drug-likeness (QED) is 0.747. The van der Waals surface area contributed by atoms with Gasteiger partial charge in [-0.3, -0.25) is 14.7 Å². The number of benzene rings is 1. The molecule has 0 saturated heterocycles. The topological polar surface area (TPSA) is 94.7 Å². The molecule has 2 aromatic heterocycles. The van der Waals surface area contributed by atoms with E-state index in [1.807, 2.05) is 0 Å². The average Bonchev–Trinajstić information content (AvgIpc) is 3.00. The Kier molecular flexibility index (Phi) is 3.23. The summed E-state index contributed by atoms with van der Waals surface area (Å²) in [5.74, 6) is -0.261. The van der Waals surface area contributed by atoms with Crippen LogP contribution in [0.5, 0.6) is 0 Å². The van der Waals surface area contributed by atoms with E-state index in [1.165, 1.54) is 4.90 Å². The Morgan fingerprint density at radius 2 is 2.05 bits per heavy atom. The third kappa shape index (κ3) is 2.40. The second-order valence-electron chi connectivity index (χ2n) is 4.71. The van der Waals surface area contributed by atoms with E-state index in [-0.39, 0.29) is 17.2 Å². The van der Waals surface area contributed by atoms with Gasteiger partial charge in [0.25, 0.3) is 11.5 Å². The van der Waals surface area contributed by atoms with E-state index in [4.69, 9.17) is 0 Å². The second-order valence-corrected chi connectivity index (χ2v) is 4.71. The lowest BCUT2D eigenvalue weighted by Gasteiger charge is -2.16. The van der Waals surface area contributed by atoms with Gasteiger partial charge in [0.15, 0.2) is 5.69 Å². The minimum absolute atomic E-state index is 0.233. The number of nitrogens with zero attached hydrogens (tertiary/aromatic N) is 3. The lowest BCUT2D eigenvalue weighted by Crippen LogP contribution is -2.28. The van der Waals surface area contributed by atoms with Crippen LogP contribution in [0.2, 0.25) is 0 Å². The van der Waals surface area contributed by atoms with Gasteiger partial charge in [-0.05, 0) is 6.07 Å². The Balaban J connectivity index is 1.98. The average molecular weight is 283 g/mol. The highest BCUT2D eigenvalue weighted by molar-refractivity contribution is 6.04. The third-order valence-corrected chi connectivity index (χ3v) is 3.22. The molecule has 0 unspecified atom stereocenters. The fraction of sp³-hybridized carbons (Fsp3) is 0.143. The number of nitrogens with one attached hydrogen (secondary N) is 2. The zero-order valence-electron chi connectivity index (χ0n) is 11.3. The molecule has 3 rings (SSSR count). The molecule has 0 radical (unpaired) electrons. The second kappa shape index (κ2) is 5.20. The van der Waals surface area contributed by atoms with E-state index < -0.39 is 0 Å². The molecule has 2 heterocycles. The maximum absolute atomic E-state index is 12.5. The van der Waals surface area contributed by atoms with Crippen molar-refractivity contribution in [3.8, 4) is 0 Å². The van der Waals surface area contributed by atoms with E-state index in [9.17, 15) is 9.59 Å². The maximum Gasteiger partial charge on any atom is 0.274 e. The first kappa shape index (κ1) is 13.0. The van der Waals surface area contributed by atoms with Crippen LogP contribution >= 0.6 is 0 Å². The smallest absolute Gasteiger partial charge is 0.274 e. The fourth-order valence-corrected chi connectivity index (χ4v) is 2.17. The molecule has 0 aliphatic carbocycles. The lowest BCUT2D eigenvalue weighted by molar-refractivity contribution is 0.0780. The fourth-order valence-electron chi connectivity index (χ4n) is 2.17. The van der Waals surface area contributed by atoms with Crippen LogP contribution in [0.4, 0.5) is 0 Å². The minimum atomic E-state index is -0.306. The lowest BCUT2D eigenvalue weighted by atomic mass is 10.1.